The van der Waals surface area contributed by atoms with Crippen molar-refractivity contribution in [3.8, 4) is 0 Å². The molecule has 18 heavy (non-hydrogen) atoms. The highest BCUT2D eigenvalue weighted by Crippen LogP contribution is 2.21. The number of rotatable bonds is 3. The first-order chi connectivity index (χ1) is 8.56. The summed E-state index contributed by atoms with van der Waals surface area (Å²) in [7, 11) is 0. The van der Waals surface area contributed by atoms with Crippen LogP contribution in [0, 0.1) is 6.92 Å². The van der Waals surface area contributed by atoms with Gasteiger partial charge in [-0.3, -0.25) is 0 Å². The second-order valence-electron chi connectivity index (χ2n) is 3.85. The second-order valence-corrected chi connectivity index (χ2v) is 4.26. The van der Waals surface area contributed by atoms with Crippen LogP contribution in [0.2, 0.25) is 5.02 Å². The van der Waals surface area contributed by atoms with Crippen LogP contribution in [-0.2, 0) is 0 Å². The van der Waals surface area contributed by atoms with E-state index < -0.39 is 5.97 Å². The van der Waals surface area contributed by atoms with Crippen LogP contribution in [0.25, 0.3) is 0 Å². The van der Waals surface area contributed by atoms with Crippen molar-refractivity contribution < 1.29 is 9.90 Å². The lowest BCUT2D eigenvalue weighted by Crippen LogP contribution is -2.01. The Kier molecular flexibility index (Phi) is 3.48. The van der Waals surface area contributed by atoms with Crippen molar-refractivity contribution in [3.63, 3.8) is 0 Å². The fourth-order valence-electron chi connectivity index (χ4n) is 1.54. The summed E-state index contributed by atoms with van der Waals surface area (Å²) in [6.45, 7) is 1.98. The topological polar surface area (TPSA) is 62.2 Å². The molecule has 2 N–H and O–H groups in total. The molecule has 92 valence electrons. The molecule has 0 bridgehead atoms. The Morgan fingerprint density at radius 1 is 1.39 bits per heavy atom. The number of carboxylic acid groups (broad SMARTS) is 1. The third-order valence-electron chi connectivity index (χ3n) is 2.38. The quantitative estimate of drug-likeness (QED) is 0.889. The summed E-state index contributed by atoms with van der Waals surface area (Å²) < 4.78 is 0. The number of nitrogens with one attached hydrogen (secondary N) is 1. The highest BCUT2D eigenvalue weighted by atomic mass is 35.5. The van der Waals surface area contributed by atoms with E-state index in [2.05, 4.69) is 10.3 Å². The van der Waals surface area contributed by atoms with Crippen LogP contribution in [0.5, 0.6) is 0 Å². The number of aryl methyl sites for hydroxylation is 1. The second kappa shape index (κ2) is 5.06. The number of aromatic nitrogens is 1. The Morgan fingerprint density at radius 3 is 2.83 bits per heavy atom. The molecule has 5 heteroatoms. The molecule has 2 aromatic rings. The van der Waals surface area contributed by atoms with Crippen LogP contribution in [0.4, 0.5) is 11.5 Å². The average Bonchev–Trinajstić information content (AvgIpc) is 2.31. The maximum atomic E-state index is 10.9. The smallest absolute Gasteiger partial charge is 0.337 e. The largest absolute Gasteiger partial charge is 0.478 e. The van der Waals surface area contributed by atoms with E-state index >= 15 is 0 Å². The minimum absolute atomic E-state index is 0.0295. The van der Waals surface area contributed by atoms with Gasteiger partial charge in [-0.1, -0.05) is 23.7 Å². The Bertz CT molecular complexity index is 599. The molecule has 0 aliphatic heterocycles. The van der Waals surface area contributed by atoms with Crippen molar-refractivity contribution in [1.29, 1.82) is 0 Å². The Hall–Kier alpha value is -2.07. The van der Waals surface area contributed by atoms with E-state index in [1.807, 2.05) is 31.2 Å². The molecule has 0 saturated heterocycles. The SMILES string of the molecule is Cc1cccc(Nc2cc(C(=O)O)c(Cl)cn2)c1. The summed E-state index contributed by atoms with van der Waals surface area (Å²) in [5.41, 5.74) is 1.98. The molecule has 0 aliphatic carbocycles. The summed E-state index contributed by atoms with van der Waals surface area (Å²) in [4.78, 5) is 15.0. The van der Waals surface area contributed by atoms with Crippen LogP contribution < -0.4 is 5.32 Å². The first kappa shape index (κ1) is 12.4. The lowest BCUT2D eigenvalue weighted by molar-refractivity contribution is 0.0697. The van der Waals surface area contributed by atoms with Gasteiger partial charge in [0.1, 0.15) is 5.82 Å². The molecule has 0 spiro atoms. The van der Waals surface area contributed by atoms with Crippen LogP contribution >= 0.6 is 11.6 Å². The fraction of sp³-hybridized carbons (Fsp3) is 0.0769. The van der Waals surface area contributed by atoms with Crippen LogP contribution in [-0.4, -0.2) is 16.1 Å². The summed E-state index contributed by atoms with van der Waals surface area (Å²) in [5.74, 6) is -0.628. The van der Waals surface area contributed by atoms with Crippen molar-refractivity contribution in [1.82, 2.24) is 4.98 Å². The first-order valence-electron chi connectivity index (χ1n) is 5.29. The number of benzene rings is 1. The number of carbonyl (C=O) groups is 1. The zero-order chi connectivity index (χ0) is 13.1. The molecule has 1 heterocycles. The van der Waals surface area contributed by atoms with E-state index in [0.29, 0.717) is 5.82 Å². The first-order valence-corrected chi connectivity index (χ1v) is 5.66. The summed E-state index contributed by atoms with van der Waals surface area (Å²) in [6, 6.07) is 9.11. The normalized spacial score (nSPS) is 10.1. The Labute approximate surface area is 109 Å². The van der Waals surface area contributed by atoms with Gasteiger partial charge in [0.15, 0.2) is 0 Å². The van der Waals surface area contributed by atoms with Gasteiger partial charge in [-0.2, -0.15) is 0 Å². The number of nitrogens with zero attached hydrogens (tertiary/aromatic N) is 1. The monoisotopic (exact) mass is 262 g/mol. The summed E-state index contributed by atoms with van der Waals surface area (Å²) in [5, 5.41) is 12.1. The molecular formula is C13H11ClN2O2. The van der Waals surface area contributed by atoms with E-state index in [0.717, 1.165) is 11.3 Å². The molecule has 0 amide bonds. The van der Waals surface area contributed by atoms with E-state index in [1.165, 1.54) is 12.3 Å². The molecule has 2 rings (SSSR count). The number of anilines is 2. The maximum absolute atomic E-state index is 10.9. The van der Waals surface area contributed by atoms with Gasteiger partial charge >= 0.3 is 5.97 Å². The standard InChI is InChI=1S/C13H11ClN2O2/c1-8-3-2-4-9(5-8)16-12-6-10(13(17)18)11(14)7-15-12/h2-7H,1H3,(H,15,16)(H,17,18). The molecule has 0 atom stereocenters. The molecule has 0 radical (unpaired) electrons. The fourth-order valence-corrected chi connectivity index (χ4v) is 1.73. The molecule has 0 unspecified atom stereocenters. The van der Waals surface area contributed by atoms with E-state index in [4.69, 9.17) is 16.7 Å². The van der Waals surface area contributed by atoms with Gasteiger partial charge in [0.25, 0.3) is 0 Å². The lowest BCUT2D eigenvalue weighted by atomic mass is 10.2. The third-order valence-corrected chi connectivity index (χ3v) is 2.68. The molecule has 0 saturated carbocycles. The van der Waals surface area contributed by atoms with Crippen LogP contribution in [0.15, 0.2) is 36.5 Å². The Morgan fingerprint density at radius 2 is 2.17 bits per heavy atom. The van der Waals surface area contributed by atoms with Crippen molar-refractivity contribution in [2.75, 3.05) is 5.32 Å². The highest BCUT2D eigenvalue weighted by Gasteiger charge is 2.10. The zero-order valence-electron chi connectivity index (χ0n) is 9.64. The molecule has 0 fully saturated rings. The van der Waals surface area contributed by atoms with Crippen LogP contribution in [0.3, 0.4) is 0 Å². The molecule has 1 aromatic heterocycles. The minimum Gasteiger partial charge on any atom is -0.478 e. The van der Waals surface area contributed by atoms with E-state index in [-0.39, 0.29) is 10.6 Å². The van der Waals surface area contributed by atoms with Gasteiger partial charge in [0.2, 0.25) is 0 Å². The molecule has 0 aliphatic rings. The van der Waals surface area contributed by atoms with Gasteiger partial charge < -0.3 is 10.4 Å². The number of halogens is 1. The Balaban J connectivity index is 2.30. The number of hydrogen-bond acceptors (Lipinski definition) is 3. The van der Waals surface area contributed by atoms with Gasteiger partial charge in [-0.25, -0.2) is 9.78 Å². The van der Waals surface area contributed by atoms with Crippen molar-refractivity contribution in [2.45, 2.75) is 6.92 Å². The van der Waals surface area contributed by atoms with Gasteiger partial charge in [-0.05, 0) is 30.7 Å². The van der Waals surface area contributed by atoms with Gasteiger partial charge in [0.05, 0.1) is 10.6 Å². The zero-order valence-corrected chi connectivity index (χ0v) is 10.4. The lowest BCUT2D eigenvalue weighted by Gasteiger charge is -2.07. The minimum atomic E-state index is -1.07. The number of aromatic carboxylic acids is 1. The summed E-state index contributed by atoms with van der Waals surface area (Å²) >= 11 is 5.75. The number of hydrogen-bond donors (Lipinski definition) is 2. The van der Waals surface area contributed by atoms with Gasteiger partial charge in [0, 0.05) is 11.9 Å². The van der Waals surface area contributed by atoms with Crippen LogP contribution in [0.1, 0.15) is 15.9 Å². The average molecular weight is 263 g/mol. The van der Waals surface area contributed by atoms with Crippen molar-refractivity contribution >= 4 is 29.1 Å². The van der Waals surface area contributed by atoms with Crippen molar-refractivity contribution in [3.05, 3.63) is 52.7 Å². The predicted molar refractivity (Wildman–Crippen MR) is 70.7 cm³/mol. The number of pyridine rings is 1. The van der Waals surface area contributed by atoms with Gasteiger partial charge in [-0.15, -0.1) is 0 Å². The predicted octanol–water partition coefficient (Wildman–Crippen LogP) is 3.49. The van der Waals surface area contributed by atoms with Crippen molar-refractivity contribution in [2.24, 2.45) is 0 Å². The highest BCUT2D eigenvalue weighted by molar-refractivity contribution is 6.33. The molecule has 4 nitrogen and oxygen atoms in total. The summed E-state index contributed by atoms with van der Waals surface area (Å²) in [6.07, 6.45) is 1.32. The maximum Gasteiger partial charge on any atom is 0.337 e. The number of carboxylic acids is 1. The molecular weight excluding hydrogens is 252 g/mol. The van der Waals surface area contributed by atoms with E-state index in [1.54, 1.807) is 0 Å². The third kappa shape index (κ3) is 2.78. The van der Waals surface area contributed by atoms with E-state index in [9.17, 15) is 4.79 Å². The molecule has 1 aromatic carbocycles.